The lowest BCUT2D eigenvalue weighted by Crippen LogP contribution is -2.57. The van der Waals surface area contributed by atoms with Crippen LogP contribution in [0, 0.1) is 0 Å². The van der Waals surface area contributed by atoms with Gasteiger partial charge in [-0.05, 0) is 6.54 Å². The van der Waals surface area contributed by atoms with Crippen molar-refractivity contribution in [1.82, 2.24) is 4.90 Å². The molecule has 0 atom stereocenters. The molecule has 0 aromatic carbocycles. The molecule has 0 saturated carbocycles. The van der Waals surface area contributed by atoms with E-state index in [0.717, 1.165) is 0 Å². The van der Waals surface area contributed by atoms with Crippen molar-refractivity contribution in [2.45, 2.75) is 12.5 Å². The molecule has 5 heteroatoms. The van der Waals surface area contributed by atoms with Crippen molar-refractivity contribution in [3.63, 3.8) is 0 Å². The van der Waals surface area contributed by atoms with Crippen LogP contribution in [0.15, 0.2) is 0 Å². The molecular formula is C7H17NO4. The fourth-order valence-electron chi connectivity index (χ4n) is 1.04. The van der Waals surface area contributed by atoms with Crippen molar-refractivity contribution in [2.24, 2.45) is 0 Å². The van der Waals surface area contributed by atoms with Gasteiger partial charge >= 0.3 is 0 Å². The summed E-state index contributed by atoms with van der Waals surface area (Å²) in [4.78, 5) is 1.41. The van der Waals surface area contributed by atoms with Gasteiger partial charge in [0, 0.05) is 0 Å². The summed E-state index contributed by atoms with van der Waals surface area (Å²) in [6, 6.07) is 0. The van der Waals surface area contributed by atoms with E-state index in [1.807, 2.05) is 0 Å². The average Bonchev–Trinajstić information content (AvgIpc) is 2.14. The van der Waals surface area contributed by atoms with Gasteiger partial charge in [-0.3, -0.25) is 4.90 Å². The third-order valence-corrected chi connectivity index (χ3v) is 2.11. The van der Waals surface area contributed by atoms with E-state index in [-0.39, 0.29) is 26.6 Å². The molecular weight excluding hydrogens is 162 g/mol. The zero-order valence-corrected chi connectivity index (χ0v) is 7.27. The van der Waals surface area contributed by atoms with E-state index in [9.17, 15) is 0 Å². The zero-order valence-electron chi connectivity index (χ0n) is 7.27. The van der Waals surface area contributed by atoms with E-state index >= 15 is 0 Å². The first-order valence-corrected chi connectivity index (χ1v) is 3.89. The van der Waals surface area contributed by atoms with Crippen LogP contribution in [0.4, 0.5) is 0 Å². The van der Waals surface area contributed by atoms with Gasteiger partial charge in [0.15, 0.2) is 0 Å². The molecule has 0 aliphatic heterocycles. The van der Waals surface area contributed by atoms with E-state index in [1.54, 1.807) is 6.92 Å². The van der Waals surface area contributed by atoms with Crippen LogP contribution in [0.2, 0.25) is 0 Å². The Morgan fingerprint density at radius 1 is 1.00 bits per heavy atom. The molecule has 0 radical (unpaired) electrons. The number of aliphatic hydroxyl groups is 4. The Kier molecular flexibility index (Phi) is 5.36. The van der Waals surface area contributed by atoms with Crippen molar-refractivity contribution >= 4 is 0 Å². The zero-order chi connectivity index (χ0) is 9.61. The fraction of sp³-hybridized carbons (Fsp3) is 1.00. The van der Waals surface area contributed by atoms with Crippen molar-refractivity contribution in [3.05, 3.63) is 0 Å². The number of hydrogen-bond donors (Lipinski definition) is 4. The van der Waals surface area contributed by atoms with Crippen LogP contribution in [-0.2, 0) is 0 Å². The molecule has 0 unspecified atom stereocenters. The Bertz CT molecular complexity index is 104. The molecule has 0 aliphatic rings. The minimum absolute atomic E-state index is 0.293. The van der Waals surface area contributed by atoms with Crippen molar-refractivity contribution in [3.8, 4) is 0 Å². The largest absolute Gasteiger partial charge is 0.394 e. The predicted octanol–water partition coefficient (Wildman–Crippen LogP) is -2.03. The van der Waals surface area contributed by atoms with Crippen LogP contribution in [0.1, 0.15) is 6.92 Å². The second-order valence-corrected chi connectivity index (χ2v) is 2.70. The third kappa shape index (κ3) is 2.15. The topological polar surface area (TPSA) is 84.2 Å². The Morgan fingerprint density at radius 3 is 1.50 bits per heavy atom. The van der Waals surface area contributed by atoms with E-state index in [2.05, 4.69) is 0 Å². The van der Waals surface area contributed by atoms with Gasteiger partial charge in [-0.15, -0.1) is 0 Å². The van der Waals surface area contributed by atoms with Crippen molar-refractivity contribution in [2.75, 3.05) is 33.1 Å². The molecule has 0 bridgehead atoms. The summed E-state index contributed by atoms with van der Waals surface area (Å²) in [6.45, 7) is 0.791. The third-order valence-electron chi connectivity index (χ3n) is 2.11. The smallest absolute Gasteiger partial charge is 0.0963 e. The molecule has 0 amide bonds. The summed E-state index contributed by atoms with van der Waals surface area (Å²) in [5, 5.41) is 35.7. The molecule has 4 N–H and O–H groups in total. The highest BCUT2D eigenvalue weighted by atomic mass is 16.3. The highest BCUT2D eigenvalue weighted by Gasteiger charge is 2.33. The summed E-state index contributed by atoms with van der Waals surface area (Å²) >= 11 is 0. The molecule has 0 heterocycles. The van der Waals surface area contributed by atoms with E-state index in [0.29, 0.717) is 6.54 Å². The van der Waals surface area contributed by atoms with Crippen molar-refractivity contribution in [1.29, 1.82) is 0 Å². The molecule has 5 nitrogen and oxygen atoms in total. The molecule has 0 aromatic heterocycles. The fourth-order valence-corrected chi connectivity index (χ4v) is 1.04. The van der Waals surface area contributed by atoms with Gasteiger partial charge in [0.1, 0.15) is 0 Å². The molecule has 0 saturated heterocycles. The van der Waals surface area contributed by atoms with Gasteiger partial charge in [0.05, 0.1) is 32.1 Å². The van der Waals surface area contributed by atoms with E-state index < -0.39 is 5.54 Å². The summed E-state index contributed by atoms with van der Waals surface area (Å²) in [5.74, 6) is 0. The predicted molar refractivity (Wildman–Crippen MR) is 43.5 cm³/mol. The van der Waals surface area contributed by atoms with Crippen LogP contribution in [0.5, 0.6) is 0 Å². The molecule has 12 heavy (non-hydrogen) atoms. The average molecular weight is 179 g/mol. The Labute approximate surface area is 71.9 Å². The maximum Gasteiger partial charge on any atom is 0.0963 e. The lowest BCUT2D eigenvalue weighted by atomic mass is 10.0. The van der Waals surface area contributed by atoms with Gasteiger partial charge in [-0.1, -0.05) is 6.92 Å². The summed E-state index contributed by atoms with van der Waals surface area (Å²) in [5.41, 5.74) is -1.11. The maximum atomic E-state index is 8.94. The molecule has 0 aliphatic carbocycles. The molecule has 0 aromatic rings. The summed E-state index contributed by atoms with van der Waals surface area (Å²) < 4.78 is 0. The van der Waals surface area contributed by atoms with Gasteiger partial charge in [-0.2, -0.15) is 0 Å². The van der Waals surface area contributed by atoms with E-state index in [1.165, 1.54) is 4.90 Å². The first-order valence-electron chi connectivity index (χ1n) is 3.89. The molecule has 0 fully saturated rings. The van der Waals surface area contributed by atoms with Crippen LogP contribution < -0.4 is 0 Å². The molecule has 0 rings (SSSR count). The number of hydrogen-bond acceptors (Lipinski definition) is 5. The Morgan fingerprint density at radius 2 is 1.42 bits per heavy atom. The minimum Gasteiger partial charge on any atom is -0.394 e. The highest BCUT2D eigenvalue weighted by Crippen LogP contribution is 2.12. The van der Waals surface area contributed by atoms with Gasteiger partial charge < -0.3 is 20.4 Å². The van der Waals surface area contributed by atoms with Crippen LogP contribution >= 0.6 is 0 Å². The van der Waals surface area contributed by atoms with Crippen molar-refractivity contribution < 1.29 is 20.4 Å². The SMILES string of the molecule is CCN(CO)C(CO)(CO)CO. The van der Waals surface area contributed by atoms with Crippen LogP contribution in [-0.4, -0.2) is 64.0 Å². The van der Waals surface area contributed by atoms with Crippen LogP contribution in [0.25, 0.3) is 0 Å². The minimum atomic E-state index is -1.11. The first kappa shape index (κ1) is 11.8. The molecule has 0 spiro atoms. The summed E-state index contributed by atoms with van der Waals surface area (Å²) in [7, 11) is 0. The second-order valence-electron chi connectivity index (χ2n) is 2.70. The van der Waals surface area contributed by atoms with Gasteiger partial charge in [0.2, 0.25) is 0 Å². The highest BCUT2D eigenvalue weighted by molar-refractivity contribution is 4.87. The van der Waals surface area contributed by atoms with Gasteiger partial charge in [0.25, 0.3) is 0 Å². The first-order chi connectivity index (χ1) is 5.70. The summed E-state index contributed by atoms with van der Waals surface area (Å²) in [6.07, 6.45) is 0. The standard InChI is InChI=1S/C7H17NO4/c1-2-8(6-12)7(3-9,4-10)5-11/h9-12H,2-6H2,1H3. The number of rotatable bonds is 6. The monoisotopic (exact) mass is 179 g/mol. The molecule has 74 valence electrons. The number of aliphatic hydroxyl groups excluding tert-OH is 4. The second kappa shape index (κ2) is 5.45. The lowest BCUT2D eigenvalue weighted by molar-refractivity contribution is -0.0791. The lowest BCUT2D eigenvalue weighted by Gasteiger charge is -2.38. The Balaban J connectivity index is 4.42. The van der Waals surface area contributed by atoms with Crippen LogP contribution in [0.3, 0.4) is 0 Å². The van der Waals surface area contributed by atoms with E-state index in [4.69, 9.17) is 20.4 Å². The quantitative estimate of drug-likeness (QED) is 0.354. The van der Waals surface area contributed by atoms with Gasteiger partial charge in [-0.25, -0.2) is 0 Å². The maximum absolute atomic E-state index is 8.94. The number of likely N-dealkylation sites (N-methyl/N-ethyl adjacent to an activating group) is 1. The normalized spacial score (nSPS) is 12.5. The number of nitrogens with zero attached hydrogens (tertiary/aromatic N) is 1. The Hall–Kier alpha value is -0.200.